The number of benzene rings is 1. The second-order valence-electron chi connectivity index (χ2n) is 6.53. The number of amides is 1. The summed E-state index contributed by atoms with van der Waals surface area (Å²) in [6, 6.07) is 7.52. The molecule has 1 aromatic rings. The van der Waals surface area contributed by atoms with Gasteiger partial charge in [-0.15, -0.1) is 0 Å². The van der Waals surface area contributed by atoms with Crippen LogP contribution in [0.2, 0.25) is 0 Å². The van der Waals surface area contributed by atoms with Gasteiger partial charge in [-0.3, -0.25) is 4.79 Å². The van der Waals surface area contributed by atoms with Crippen molar-refractivity contribution in [2.45, 2.75) is 25.4 Å². The minimum absolute atomic E-state index is 0.0158. The Morgan fingerprint density at radius 2 is 1.81 bits per heavy atom. The molecule has 0 bridgehead atoms. The van der Waals surface area contributed by atoms with Gasteiger partial charge in [0.1, 0.15) is 11.8 Å². The molecule has 2 saturated heterocycles. The molecule has 2 fully saturated rings. The molecule has 2 aliphatic rings. The molecule has 2 atom stereocenters. The molecule has 1 aromatic carbocycles. The van der Waals surface area contributed by atoms with E-state index in [9.17, 15) is 13.2 Å². The third-order valence-corrected chi connectivity index (χ3v) is 6.91. The molecule has 0 radical (unpaired) electrons. The number of carbonyl (C=O) groups is 1. The van der Waals surface area contributed by atoms with E-state index in [2.05, 4.69) is 10.9 Å². The summed E-state index contributed by atoms with van der Waals surface area (Å²) in [5, 5.41) is 0. The summed E-state index contributed by atoms with van der Waals surface area (Å²) in [6.45, 7) is 3.24. The maximum Gasteiger partial charge on any atom is 0.241 e. The van der Waals surface area contributed by atoms with Gasteiger partial charge in [-0.05, 0) is 31.0 Å². The molecule has 144 valence electrons. The molecule has 2 N–H and O–H groups in total. The van der Waals surface area contributed by atoms with Crippen molar-refractivity contribution in [1.82, 2.24) is 20.1 Å². The van der Waals surface area contributed by atoms with Gasteiger partial charge in [-0.25, -0.2) is 19.3 Å². The highest BCUT2D eigenvalue weighted by Gasteiger charge is 2.35. The molecule has 0 saturated carbocycles. The number of methoxy groups -OCH3 is 1. The summed E-state index contributed by atoms with van der Waals surface area (Å²) < 4.78 is 30.5. The summed E-state index contributed by atoms with van der Waals surface area (Å²) in [5.74, 6) is 0.910. The Balaban J connectivity index is 1.55. The Morgan fingerprint density at radius 3 is 2.38 bits per heavy atom. The Kier molecular flexibility index (Phi) is 5.81. The summed E-state index contributed by atoms with van der Waals surface area (Å²) in [4.78, 5) is 14.5. The monoisotopic (exact) mass is 382 g/mol. The van der Waals surface area contributed by atoms with Gasteiger partial charge in [0.2, 0.25) is 15.9 Å². The molecule has 3 rings (SSSR count). The number of rotatable bonds is 5. The van der Waals surface area contributed by atoms with Gasteiger partial charge in [0, 0.05) is 32.2 Å². The van der Waals surface area contributed by atoms with Crippen molar-refractivity contribution in [1.29, 1.82) is 0 Å². The predicted molar refractivity (Wildman–Crippen MR) is 98.0 cm³/mol. The number of hydrazine groups is 1. The van der Waals surface area contributed by atoms with Crippen molar-refractivity contribution in [3.63, 3.8) is 0 Å². The number of nitrogens with one attached hydrogen (secondary N) is 2. The smallest absolute Gasteiger partial charge is 0.241 e. The maximum atomic E-state index is 12.7. The lowest BCUT2D eigenvalue weighted by Gasteiger charge is -2.35. The lowest BCUT2D eigenvalue weighted by molar-refractivity contribution is -0.134. The van der Waals surface area contributed by atoms with E-state index in [0.717, 1.165) is 11.3 Å². The Hall–Kier alpha value is -1.68. The van der Waals surface area contributed by atoms with Crippen LogP contribution in [0.1, 0.15) is 24.9 Å². The van der Waals surface area contributed by atoms with Crippen LogP contribution in [0.25, 0.3) is 0 Å². The van der Waals surface area contributed by atoms with Crippen molar-refractivity contribution in [2.24, 2.45) is 0 Å². The number of carbonyl (C=O) groups excluding carboxylic acids is 1. The zero-order chi connectivity index (χ0) is 18.7. The van der Waals surface area contributed by atoms with Gasteiger partial charge in [-0.1, -0.05) is 12.1 Å². The molecule has 1 amide bonds. The number of hydrogen-bond acceptors (Lipinski definition) is 6. The first-order chi connectivity index (χ1) is 12.4. The van der Waals surface area contributed by atoms with Crippen LogP contribution in [0.15, 0.2) is 24.3 Å². The number of sulfonamides is 1. The van der Waals surface area contributed by atoms with E-state index in [0.29, 0.717) is 32.6 Å². The van der Waals surface area contributed by atoms with Gasteiger partial charge < -0.3 is 9.64 Å². The zero-order valence-corrected chi connectivity index (χ0v) is 16.0. The topological polar surface area (TPSA) is 91.0 Å². The van der Waals surface area contributed by atoms with E-state index in [1.807, 2.05) is 24.3 Å². The third-order valence-electron chi connectivity index (χ3n) is 5.03. The van der Waals surface area contributed by atoms with Crippen LogP contribution in [0.4, 0.5) is 0 Å². The normalized spacial score (nSPS) is 24.6. The SMILES string of the molecule is CCS(=O)(=O)N1CCN(C(=O)C2CC(c3ccc(OC)cc3)NN2)CC1. The van der Waals surface area contributed by atoms with Crippen LogP contribution in [0.3, 0.4) is 0 Å². The van der Waals surface area contributed by atoms with Crippen LogP contribution in [0, 0.1) is 0 Å². The summed E-state index contributed by atoms with van der Waals surface area (Å²) in [7, 11) is -1.55. The molecule has 2 unspecified atom stereocenters. The van der Waals surface area contributed by atoms with E-state index in [4.69, 9.17) is 4.74 Å². The van der Waals surface area contributed by atoms with Gasteiger partial charge in [0.15, 0.2) is 0 Å². The average molecular weight is 382 g/mol. The molecule has 9 heteroatoms. The minimum Gasteiger partial charge on any atom is -0.497 e. The molecule has 2 aliphatic heterocycles. The lowest BCUT2D eigenvalue weighted by atomic mass is 10.0. The summed E-state index contributed by atoms with van der Waals surface area (Å²) in [6.07, 6.45) is 0.651. The fourth-order valence-corrected chi connectivity index (χ4v) is 4.45. The minimum atomic E-state index is -3.18. The van der Waals surface area contributed by atoms with Crippen LogP contribution in [0.5, 0.6) is 5.75 Å². The fourth-order valence-electron chi connectivity index (χ4n) is 3.36. The van der Waals surface area contributed by atoms with Crippen molar-refractivity contribution in [3.05, 3.63) is 29.8 Å². The molecule has 26 heavy (non-hydrogen) atoms. The first-order valence-corrected chi connectivity index (χ1v) is 10.5. The van der Waals surface area contributed by atoms with E-state index in [1.54, 1.807) is 18.9 Å². The molecule has 0 aromatic heterocycles. The number of nitrogens with zero attached hydrogens (tertiary/aromatic N) is 2. The Morgan fingerprint density at radius 1 is 1.15 bits per heavy atom. The van der Waals surface area contributed by atoms with E-state index >= 15 is 0 Å². The standard InChI is InChI=1S/C17H26N4O4S/c1-3-26(23,24)21-10-8-20(9-11-21)17(22)16-12-15(18-19-16)13-4-6-14(25-2)7-5-13/h4-7,15-16,18-19H,3,8-12H2,1-2H3. The van der Waals surface area contributed by atoms with Crippen molar-refractivity contribution in [2.75, 3.05) is 39.0 Å². The summed E-state index contributed by atoms with van der Waals surface area (Å²) >= 11 is 0. The zero-order valence-electron chi connectivity index (χ0n) is 15.1. The van der Waals surface area contributed by atoms with Crippen molar-refractivity contribution < 1.29 is 17.9 Å². The van der Waals surface area contributed by atoms with E-state index < -0.39 is 10.0 Å². The van der Waals surface area contributed by atoms with Gasteiger partial charge in [-0.2, -0.15) is 4.31 Å². The lowest BCUT2D eigenvalue weighted by Crippen LogP contribution is -2.54. The highest BCUT2D eigenvalue weighted by molar-refractivity contribution is 7.89. The van der Waals surface area contributed by atoms with Crippen molar-refractivity contribution >= 4 is 15.9 Å². The molecule has 8 nitrogen and oxygen atoms in total. The second kappa shape index (κ2) is 7.91. The van der Waals surface area contributed by atoms with Crippen LogP contribution < -0.4 is 15.6 Å². The molecular formula is C17H26N4O4S. The number of ether oxygens (including phenoxy) is 1. The van der Waals surface area contributed by atoms with Crippen LogP contribution in [-0.2, 0) is 14.8 Å². The summed E-state index contributed by atoms with van der Waals surface area (Å²) in [5.41, 5.74) is 7.35. The molecular weight excluding hydrogens is 356 g/mol. The largest absolute Gasteiger partial charge is 0.497 e. The molecule has 0 aliphatic carbocycles. The first-order valence-electron chi connectivity index (χ1n) is 8.86. The highest BCUT2D eigenvalue weighted by atomic mass is 32.2. The second-order valence-corrected chi connectivity index (χ2v) is 8.79. The maximum absolute atomic E-state index is 12.7. The van der Waals surface area contributed by atoms with Gasteiger partial charge in [0.05, 0.1) is 12.9 Å². The first kappa shape index (κ1) is 19.1. The van der Waals surface area contributed by atoms with Crippen LogP contribution >= 0.6 is 0 Å². The van der Waals surface area contributed by atoms with Crippen molar-refractivity contribution in [3.8, 4) is 5.75 Å². The Labute approximate surface area is 154 Å². The van der Waals surface area contributed by atoms with Gasteiger partial charge in [0.25, 0.3) is 0 Å². The van der Waals surface area contributed by atoms with Crippen LogP contribution in [-0.4, -0.2) is 68.6 Å². The number of hydrogen-bond donors (Lipinski definition) is 2. The fraction of sp³-hybridized carbons (Fsp3) is 0.588. The quantitative estimate of drug-likeness (QED) is 0.751. The van der Waals surface area contributed by atoms with E-state index in [-0.39, 0.29) is 23.7 Å². The molecule has 0 spiro atoms. The van der Waals surface area contributed by atoms with Gasteiger partial charge >= 0.3 is 0 Å². The number of piperazine rings is 1. The Bertz CT molecular complexity index is 730. The highest BCUT2D eigenvalue weighted by Crippen LogP contribution is 2.25. The average Bonchev–Trinajstić information content (AvgIpc) is 3.17. The third kappa shape index (κ3) is 4.01. The molecule has 2 heterocycles. The predicted octanol–water partition coefficient (Wildman–Crippen LogP) is 0.0967. The van der Waals surface area contributed by atoms with E-state index in [1.165, 1.54) is 4.31 Å².